The van der Waals surface area contributed by atoms with Crippen LogP contribution in [0, 0.1) is 5.92 Å². The predicted molar refractivity (Wildman–Crippen MR) is 108 cm³/mol. The van der Waals surface area contributed by atoms with Crippen LogP contribution < -0.4 is 4.74 Å². The minimum Gasteiger partial charge on any atom is -0.496 e. The molecule has 0 saturated carbocycles. The lowest BCUT2D eigenvalue weighted by molar-refractivity contribution is -0.128. The zero-order valence-electron chi connectivity index (χ0n) is 16.4. The van der Waals surface area contributed by atoms with Crippen molar-refractivity contribution >= 4 is 39.2 Å². The Kier molecular flexibility index (Phi) is 4.20. The van der Waals surface area contributed by atoms with Crippen LogP contribution in [0.3, 0.4) is 0 Å². The fraction of sp³-hybridized carbons (Fsp3) is 0.350. The monoisotopic (exact) mass is 413 g/mol. The molecule has 4 rings (SSSR count). The molecule has 0 spiro atoms. The highest BCUT2D eigenvalue weighted by molar-refractivity contribution is 7.90. The molecule has 1 atom stereocenters. The highest BCUT2D eigenvalue weighted by Crippen LogP contribution is 2.37. The molecule has 0 amide bonds. The number of carbonyl (C=O) groups is 2. The molecule has 1 aromatic carbocycles. The first-order valence-electron chi connectivity index (χ1n) is 8.96. The smallest absolute Gasteiger partial charge is 0.184 e. The number of ketones is 2. The molecule has 1 unspecified atom stereocenters. The summed E-state index contributed by atoms with van der Waals surface area (Å²) in [7, 11) is -2.01. The van der Waals surface area contributed by atoms with E-state index < -0.39 is 21.3 Å². The number of aliphatic imine (C=N–C) groups is 3. The number of sulfone groups is 1. The number of hydrogen-bond acceptors (Lipinski definition) is 8. The van der Waals surface area contributed by atoms with E-state index in [0.717, 1.165) is 6.26 Å². The summed E-state index contributed by atoms with van der Waals surface area (Å²) in [5, 5.41) is 0. The normalized spacial score (nSPS) is 22.8. The molecular formula is C20H19N3O5S. The van der Waals surface area contributed by atoms with E-state index in [-0.39, 0.29) is 34.4 Å². The van der Waals surface area contributed by atoms with Gasteiger partial charge in [-0.3, -0.25) is 14.6 Å². The Morgan fingerprint density at radius 3 is 2.55 bits per heavy atom. The zero-order valence-corrected chi connectivity index (χ0v) is 17.2. The number of nitrogens with zero attached hydrogens (tertiary/aromatic N) is 3. The van der Waals surface area contributed by atoms with Crippen LogP contribution in [0.5, 0.6) is 5.75 Å². The highest BCUT2D eigenvalue weighted by Gasteiger charge is 2.45. The molecule has 150 valence electrons. The standard InChI is InChI=1S/C20H19N3O5S/c1-20(2)18(25)11-8-14(24)17-16(13(11)9-21-20)22-19(23-17)12-7-10(29(4,26)27)5-6-15(12)28-3/h5-7,9,11H,8H2,1-4H3. The summed E-state index contributed by atoms with van der Waals surface area (Å²) in [5.41, 5.74) is 0.523. The van der Waals surface area contributed by atoms with Gasteiger partial charge in [0.2, 0.25) is 0 Å². The fourth-order valence-corrected chi connectivity index (χ4v) is 4.26. The second-order valence-electron chi connectivity index (χ2n) is 7.70. The van der Waals surface area contributed by atoms with Crippen LogP contribution >= 0.6 is 0 Å². The summed E-state index contributed by atoms with van der Waals surface area (Å²) in [6, 6.07) is 4.38. The first kappa shape index (κ1) is 19.4. The topological polar surface area (TPSA) is 115 Å². The third-order valence-corrected chi connectivity index (χ3v) is 6.36. The van der Waals surface area contributed by atoms with Crippen molar-refractivity contribution < 1.29 is 22.7 Å². The van der Waals surface area contributed by atoms with Gasteiger partial charge in [-0.25, -0.2) is 18.4 Å². The first-order valence-corrected chi connectivity index (χ1v) is 10.8. The van der Waals surface area contributed by atoms with Crippen LogP contribution in [0.15, 0.2) is 49.3 Å². The molecule has 0 fully saturated rings. The quantitative estimate of drug-likeness (QED) is 0.746. The van der Waals surface area contributed by atoms with Gasteiger partial charge in [-0.2, -0.15) is 0 Å². The van der Waals surface area contributed by atoms with Crippen molar-refractivity contribution in [3.05, 3.63) is 35.0 Å². The zero-order chi connectivity index (χ0) is 21.1. The fourth-order valence-electron chi connectivity index (χ4n) is 3.61. The van der Waals surface area contributed by atoms with Crippen LogP contribution in [0.2, 0.25) is 0 Å². The van der Waals surface area contributed by atoms with E-state index in [1.807, 2.05) is 0 Å². The van der Waals surface area contributed by atoms with E-state index in [4.69, 9.17) is 4.74 Å². The molecule has 9 heteroatoms. The van der Waals surface area contributed by atoms with Gasteiger partial charge in [0, 0.05) is 24.5 Å². The average molecular weight is 413 g/mol. The van der Waals surface area contributed by atoms with Crippen LogP contribution in [-0.4, -0.2) is 56.7 Å². The van der Waals surface area contributed by atoms with Crippen molar-refractivity contribution in [2.45, 2.75) is 30.7 Å². The van der Waals surface area contributed by atoms with Crippen molar-refractivity contribution in [3.63, 3.8) is 0 Å². The molecule has 2 aliphatic heterocycles. The minimum absolute atomic E-state index is 0.0231. The van der Waals surface area contributed by atoms with E-state index >= 15 is 0 Å². The third-order valence-electron chi connectivity index (χ3n) is 5.25. The van der Waals surface area contributed by atoms with Crippen molar-refractivity contribution in [2.75, 3.05) is 13.4 Å². The van der Waals surface area contributed by atoms with Gasteiger partial charge in [0.1, 0.15) is 22.7 Å². The van der Waals surface area contributed by atoms with Crippen LogP contribution in [0.25, 0.3) is 0 Å². The van der Waals surface area contributed by atoms with Gasteiger partial charge in [0.15, 0.2) is 27.2 Å². The number of rotatable bonds is 3. The Labute approximate surface area is 168 Å². The molecule has 0 bridgehead atoms. The molecule has 8 nitrogen and oxygen atoms in total. The molecular weight excluding hydrogens is 394 g/mol. The van der Waals surface area contributed by atoms with Crippen LogP contribution in [-0.2, 0) is 19.4 Å². The average Bonchev–Trinajstić information content (AvgIpc) is 3.10. The number of ether oxygens (including phenoxy) is 1. The number of methoxy groups -OCH3 is 1. The number of benzene rings is 1. The molecule has 3 aliphatic rings. The Morgan fingerprint density at radius 1 is 1.17 bits per heavy atom. The molecule has 2 heterocycles. The van der Waals surface area contributed by atoms with Crippen molar-refractivity contribution in [3.8, 4) is 5.75 Å². The van der Waals surface area contributed by atoms with Gasteiger partial charge < -0.3 is 4.74 Å². The van der Waals surface area contributed by atoms with Gasteiger partial charge in [-0.15, -0.1) is 0 Å². The lowest BCUT2D eigenvalue weighted by atomic mass is 9.74. The lowest BCUT2D eigenvalue weighted by Gasteiger charge is -2.32. The highest BCUT2D eigenvalue weighted by atomic mass is 32.2. The summed E-state index contributed by atoms with van der Waals surface area (Å²) in [5.74, 6) is -0.454. The van der Waals surface area contributed by atoms with Gasteiger partial charge in [-0.05, 0) is 32.0 Å². The molecule has 0 aromatic heterocycles. The van der Waals surface area contributed by atoms with Gasteiger partial charge in [0.25, 0.3) is 0 Å². The van der Waals surface area contributed by atoms with E-state index in [1.165, 1.54) is 25.3 Å². The molecule has 1 aromatic rings. The largest absolute Gasteiger partial charge is 0.496 e. The molecule has 0 radical (unpaired) electrons. The first-order chi connectivity index (χ1) is 13.5. The maximum atomic E-state index is 12.7. The van der Waals surface area contributed by atoms with Gasteiger partial charge in [-0.1, -0.05) is 0 Å². The summed E-state index contributed by atoms with van der Waals surface area (Å²) < 4.78 is 29.2. The van der Waals surface area contributed by atoms with E-state index in [9.17, 15) is 18.0 Å². The van der Waals surface area contributed by atoms with E-state index in [1.54, 1.807) is 20.1 Å². The lowest BCUT2D eigenvalue weighted by Crippen LogP contribution is -2.44. The predicted octanol–water partition coefficient (Wildman–Crippen LogP) is 1.58. The molecule has 1 aliphatic carbocycles. The number of allylic oxidation sites excluding steroid dienone is 2. The summed E-state index contributed by atoms with van der Waals surface area (Å²) in [4.78, 5) is 38.7. The van der Waals surface area contributed by atoms with Crippen molar-refractivity contribution in [1.29, 1.82) is 0 Å². The number of fused-ring (bicyclic) bond motifs is 2. The Hall–Kier alpha value is -2.94. The molecule has 0 saturated heterocycles. The summed E-state index contributed by atoms with van der Waals surface area (Å²) >= 11 is 0. The second-order valence-corrected chi connectivity index (χ2v) is 9.71. The van der Waals surface area contributed by atoms with Crippen molar-refractivity contribution in [1.82, 2.24) is 0 Å². The number of hydrogen-bond donors (Lipinski definition) is 0. The van der Waals surface area contributed by atoms with E-state index in [2.05, 4.69) is 15.0 Å². The molecule has 0 N–H and O–H groups in total. The Balaban J connectivity index is 1.91. The maximum Gasteiger partial charge on any atom is 0.184 e. The minimum atomic E-state index is -3.46. The Morgan fingerprint density at radius 2 is 1.90 bits per heavy atom. The number of amidine groups is 1. The van der Waals surface area contributed by atoms with Crippen molar-refractivity contribution in [2.24, 2.45) is 20.9 Å². The van der Waals surface area contributed by atoms with Gasteiger partial charge in [0.05, 0.1) is 23.5 Å². The van der Waals surface area contributed by atoms with Crippen LogP contribution in [0.4, 0.5) is 0 Å². The summed E-state index contributed by atoms with van der Waals surface area (Å²) in [6.45, 7) is 3.43. The van der Waals surface area contributed by atoms with Crippen LogP contribution in [0.1, 0.15) is 25.8 Å². The Bertz CT molecular complexity index is 1200. The third kappa shape index (κ3) is 3.05. The molecule has 29 heavy (non-hydrogen) atoms. The maximum absolute atomic E-state index is 12.7. The summed E-state index contributed by atoms with van der Waals surface area (Å²) in [6.07, 6.45) is 2.72. The SMILES string of the molecule is COc1ccc(S(C)(=O)=O)cc1C1=NC2=C3C=NC(C)(C)C(=O)C3CC(=O)C2=N1. The number of Topliss-reactive ketones (excluding diaryl/α,β-unsaturated/α-hetero) is 2. The number of carbonyl (C=O) groups excluding carboxylic acids is 2. The second kappa shape index (κ2) is 6.28. The van der Waals surface area contributed by atoms with Gasteiger partial charge >= 0.3 is 0 Å². The van der Waals surface area contributed by atoms with E-state index in [0.29, 0.717) is 22.6 Å².